The highest BCUT2D eigenvalue weighted by Crippen LogP contribution is 2.28. The molecule has 2 amide bonds. The van der Waals surface area contributed by atoms with Crippen molar-refractivity contribution in [3.63, 3.8) is 0 Å². The summed E-state index contributed by atoms with van der Waals surface area (Å²) in [5.74, 6) is -0.536. The molecule has 0 N–H and O–H groups in total. The summed E-state index contributed by atoms with van der Waals surface area (Å²) in [6.45, 7) is 4.04. The van der Waals surface area contributed by atoms with Crippen LogP contribution < -0.4 is 4.74 Å². The Morgan fingerprint density at radius 3 is 2.84 bits per heavy atom. The molecule has 1 aromatic rings. The van der Waals surface area contributed by atoms with Gasteiger partial charge in [0, 0.05) is 32.1 Å². The molecule has 2 aliphatic rings. The van der Waals surface area contributed by atoms with Crippen molar-refractivity contribution in [1.29, 1.82) is 0 Å². The van der Waals surface area contributed by atoms with E-state index in [0.717, 1.165) is 32.2 Å². The van der Waals surface area contributed by atoms with Gasteiger partial charge in [0.1, 0.15) is 0 Å². The van der Waals surface area contributed by atoms with Crippen LogP contribution in [0.2, 0.25) is 0 Å². The molecule has 2 heterocycles. The molecule has 3 rings (SSSR count). The fraction of sp³-hybridized carbons (Fsp3) is 0.579. The van der Waals surface area contributed by atoms with Crippen molar-refractivity contribution >= 4 is 11.8 Å². The summed E-state index contributed by atoms with van der Waals surface area (Å²) in [5, 5.41) is 0. The van der Waals surface area contributed by atoms with Gasteiger partial charge < -0.3 is 14.5 Å². The first-order valence-corrected chi connectivity index (χ1v) is 9.12. The number of amides is 2. The van der Waals surface area contributed by atoms with Crippen LogP contribution in [0.1, 0.15) is 49.4 Å². The highest BCUT2D eigenvalue weighted by atomic mass is 19.1. The highest BCUT2D eigenvalue weighted by Gasteiger charge is 2.33. The number of benzene rings is 1. The quantitative estimate of drug-likeness (QED) is 0.822. The maximum absolute atomic E-state index is 14.1. The normalized spacial score (nSPS) is 20.9. The van der Waals surface area contributed by atoms with Crippen LogP contribution in [0.25, 0.3) is 0 Å². The number of halogens is 1. The Morgan fingerprint density at radius 1 is 1.28 bits per heavy atom. The molecule has 5 nitrogen and oxygen atoms in total. The van der Waals surface area contributed by atoms with Crippen LogP contribution in [-0.2, 0) is 4.79 Å². The Bertz CT molecular complexity index is 650. The lowest BCUT2D eigenvalue weighted by Crippen LogP contribution is -2.49. The largest absolute Gasteiger partial charge is 0.490 e. The smallest absolute Gasteiger partial charge is 0.258 e. The molecule has 0 radical (unpaired) electrons. The van der Waals surface area contributed by atoms with Gasteiger partial charge in [-0.05, 0) is 44.7 Å². The van der Waals surface area contributed by atoms with Gasteiger partial charge in [-0.15, -0.1) is 0 Å². The molecule has 6 heteroatoms. The van der Waals surface area contributed by atoms with Crippen molar-refractivity contribution in [2.75, 3.05) is 26.2 Å². The SMILES string of the molecule is CCOc1c(F)cccc1C(=O)N1CCCC[C@H]1CN1CCCC1=O. The Hall–Kier alpha value is -2.11. The minimum Gasteiger partial charge on any atom is -0.490 e. The van der Waals surface area contributed by atoms with Crippen molar-refractivity contribution in [2.24, 2.45) is 0 Å². The van der Waals surface area contributed by atoms with Gasteiger partial charge in [-0.3, -0.25) is 9.59 Å². The molecule has 0 bridgehead atoms. The third-order valence-electron chi connectivity index (χ3n) is 4.98. The van der Waals surface area contributed by atoms with Crippen LogP contribution >= 0.6 is 0 Å². The summed E-state index contributed by atoms with van der Waals surface area (Å²) in [4.78, 5) is 28.7. The van der Waals surface area contributed by atoms with Crippen molar-refractivity contribution in [1.82, 2.24) is 9.80 Å². The Kier molecular flexibility index (Phi) is 5.56. The summed E-state index contributed by atoms with van der Waals surface area (Å²) in [7, 11) is 0. The van der Waals surface area contributed by atoms with Crippen LogP contribution in [0.5, 0.6) is 5.75 Å². The topological polar surface area (TPSA) is 49.9 Å². The summed E-state index contributed by atoms with van der Waals surface area (Å²) < 4.78 is 19.5. The minimum atomic E-state index is -0.518. The van der Waals surface area contributed by atoms with Crippen LogP contribution in [0, 0.1) is 5.82 Å². The first-order chi connectivity index (χ1) is 12.1. The zero-order valence-electron chi connectivity index (χ0n) is 14.7. The number of hydrogen-bond donors (Lipinski definition) is 0. The number of para-hydroxylation sites is 1. The molecular formula is C19H25FN2O3. The number of hydrogen-bond acceptors (Lipinski definition) is 3. The van der Waals surface area contributed by atoms with E-state index in [-0.39, 0.29) is 29.2 Å². The number of ether oxygens (including phenoxy) is 1. The van der Waals surface area contributed by atoms with Crippen LogP contribution in [0.3, 0.4) is 0 Å². The maximum Gasteiger partial charge on any atom is 0.258 e. The number of nitrogens with zero attached hydrogens (tertiary/aromatic N) is 2. The maximum atomic E-state index is 14.1. The van der Waals surface area contributed by atoms with Crippen LogP contribution in [0.15, 0.2) is 18.2 Å². The molecule has 0 saturated carbocycles. The van der Waals surface area contributed by atoms with Crippen molar-refractivity contribution in [3.8, 4) is 5.75 Å². The zero-order valence-corrected chi connectivity index (χ0v) is 14.7. The van der Waals surface area contributed by atoms with Gasteiger partial charge in [0.15, 0.2) is 11.6 Å². The van der Waals surface area contributed by atoms with E-state index in [1.54, 1.807) is 17.9 Å². The molecule has 2 fully saturated rings. The molecule has 1 atom stereocenters. The van der Waals surface area contributed by atoms with Gasteiger partial charge in [-0.25, -0.2) is 4.39 Å². The fourth-order valence-electron chi connectivity index (χ4n) is 3.73. The minimum absolute atomic E-state index is 0.0129. The van der Waals surface area contributed by atoms with Gasteiger partial charge in [-0.2, -0.15) is 0 Å². The first kappa shape index (κ1) is 17.7. The Labute approximate surface area is 147 Å². The second kappa shape index (κ2) is 7.85. The molecule has 0 aliphatic carbocycles. The van der Waals surface area contributed by atoms with Gasteiger partial charge in [-0.1, -0.05) is 6.07 Å². The molecule has 0 aromatic heterocycles. The van der Waals surface area contributed by atoms with Crippen molar-refractivity contribution in [2.45, 2.75) is 45.1 Å². The fourth-order valence-corrected chi connectivity index (χ4v) is 3.73. The molecule has 136 valence electrons. The molecule has 0 unspecified atom stereocenters. The summed E-state index contributed by atoms with van der Waals surface area (Å²) >= 11 is 0. The van der Waals surface area contributed by atoms with Gasteiger partial charge in [0.05, 0.1) is 12.2 Å². The predicted octanol–water partition coefficient (Wildman–Crippen LogP) is 2.84. The van der Waals surface area contributed by atoms with Crippen LogP contribution in [-0.4, -0.2) is 53.9 Å². The summed E-state index contributed by atoms with van der Waals surface area (Å²) in [5.41, 5.74) is 0.265. The molecule has 1 aromatic carbocycles. The molecule has 0 spiro atoms. The van der Waals surface area contributed by atoms with E-state index in [4.69, 9.17) is 4.74 Å². The van der Waals surface area contributed by atoms with E-state index in [2.05, 4.69) is 0 Å². The van der Waals surface area contributed by atoms with Crippen LogP contribution in [0.4, 0.5) is 4.39 Å². The average molecular weight is 348 g/mol. The lowest BCUT2D eigenvalue weighted by molar-refractivity contribution is -0.128. The summed E-state index contributed by atoms with van der Waals surface area (Å²) in [6, 6.07) is 4.44. The number of likely N-dealkylation sites (tertiary alicyclic amines) is 2. The van der Waals surface area contributed by atoms with Crippen molar-refractivity contribution < 1.29 is 18.7 Å². The van der Waals surface area contributed by atoms with E-state index >= 15 is 0 Å². The second-order valence-corrected chi connectivity index (χ2v) is 6.64. The van der Waals surface area contributed by atoms with Gasteiger partial charge in [0.25, 0.3) is 5.91 Å². The molecule has 2 saturated heterocycles. The molecule has 25 heavy (non-hydrogen) atoms. The molecule has 2 aliphatic heterocycles. The third kappa shape index (κ3) is 3.78. The number of carbonyl (C=O) groups excluding carboxylic acids is 2. The standard InChI is InChI=1S/C19H25FN2O3/c1-2-25-18-15(8-5-9-16(18)20)19(24)22-12-4-3-7-14(22)13-21-11-6-10-17(21)23/h5,8-9,14H,2-4,6-7,10-13H2,1H3/t14-/m0/s1. The van der Waals surface area contributed by atoms with E-state index < -0.39 is 5.82 Å². The second-order valence-electron chi connectivity index (χ2n) is 6.64. The van der Waals surface area contributed by atoms with Crippen molar-refractivity contribution in [3.05, 3.63) is 29.6 Å². The Morgan fingerprint density at radius 2 is 2.12 bits per heavy atom. The number of piperidine rings is 1. The predicted molar refractivity (Wildman–Crippen MR) is 92.1 cm³/mol. The lowest BCUT2D eigenvalue weighted by Gasteiger charge is -2.38. The Balaban J connectivity index is 1.81. The molecular weight excluding hydrogens is 323 g/mol. The van der Waals surface area contributed by atoms with E-state index in [1.807, 2.05) is 4.90 Å². The van der Waals surface area contributed by atoms with E-state index in [9.17, 15) is 14.0 Å². The number of carbonyl (C=O) groups is 2. The zero-order chi connectivity index (χ0) is 17.8. The number of rotatable bonds is 5. The van der Waals surface area contributed by atoms with E-state index in [0.29, 0.717) is 26.1 Å². The highest BCUT2D eigenvalue weighted by molar-refractivity contribution is 5.97. The monoisotopic (exact) mass is 348 g/mol. The average Bonchev–Trinajstić information content (AvgIpc) is 3.02. The third-order valence-corrected chi connectivity index (χ3v) is 4.98. The first-order valence-electron chi connectivity index (χ1n) is 9.12. The van der Waals surface area contributed by atoms with Gasteiger partial charge >= 0.3 is 0 Å². The summed E-state index contributed by atoms with van der Waals surface area (Å²) in [6.07, 6.45) is 4.32. The van der Waals surface area contributed by atoms with E-state index in [1.165, 1.54) is 12.1 Å². The van der Waals surface area contributed by atoms with Gasteiger partial charge in [0.2, 0.25) is 5.91 Å². The lowest BCUT2D eigenvalue weighted by atomic mass is 10.00.